The summed E-state index contributed by atoms with van der Waals surface area (Å²) in [5.41, 5.74) is 0.404. The van der Waals surface area contributed by atoms with Crippen molar-refractivity contribution in [1.82, 2.24) is 19.7 Å². The lowest BCUT2D eigenvalue weighted by atomic mass is 9.97. The summed E-state index contributed by atoms with van der Waals surface area (Å²) in [6.45, 7) is 1.23. The summed E-state index contributed by atoms with van der Waals surface area (Å²) in [5, 5.41) is 11.2. The quantitative estimate of drug-likeness (QED) is 0.665. The molecular formula is C20H19F3N6O2. The number of alkyl halides is 3. The molecule has 162 valence electrons. The number of halogens is 3. The minimum absolute atomic E-state index is 0.197. The highest BCUT2D eigenvalue weighted by molar-refractivity contribution is 5.93. The summed E-state index contributed by atoms with van der Waals surface area (Å²) in [7, 11) is 0. The molecule has 8 nitrogen and oxygen atoms in total. The summed E-state index contributed by atoms with van der Waals surface area (Å²) in [6.07, 6.45) is 1.82. The molecule has 4 rings (SSSR count). The highest BCUT2D eigenvalue weighted by atomic mass is 19.4. The minimum Gasteiger partial charge on any atom is -0.406 e. The molecule has 1 unspecified atom stereocenters. The van der Waals surface area contributed by atoms with Gasteiger partial charge >= 0.3 is 6.36 Å². The first-order valence-electron chi connectivity index (χ1n) is 9.61. The Bertz CT molecular complexity index is 1010. The highest BCUT2D eigenvalue weighted by Gasteiger charge is 2.31. The number of ether oxygens (including phenoxy) is 1. The molecule has 11 heteroatoms. The lowest BCUT2D eigenvalue weighted by Crippen LogP contribution is -2.41. The van der Waals surface area contributed by atoms with Gasteiger partial charge in [0.25, 0.3) is 0 Å². The zero-order valence-electron chi connectivity index (χ0n) is 16.3. The predicted octanol–water partition coefficient (Wildman–Crippen LogP) is 3.42. The van der Waals surface area contributed by atoms with Crippen LogP contribution in [0.3, 0.4) is 0 Å². The van der Waals surface area contributed by atoms with Gasteiger partial charge in [0.1, 0.15) is 12.1 Å². The Balaban J connectivity index is 1.36. The Morgan fingerprint density at radius 2 is 1.84 bits per heavy atom. The molecule has 31 heavy (non-hydrogen) atoms. The molecule has 0 radical (unpaired) electrons. The molecule has 1 saturated heterocycles. The van der Waals surface area contributed by atoms with E-state index in [1.54, 1.807) is 23.3 Å². The van der Waals surface area contributed by atoms with Crippen LogP contribution >= 0.6 is 0 Å². The molecule has 1 aliphatic heterocycles. The fourth-order valence-corrected chi connectivity index (χ4v) is 3.40. The van der Waals surface area contributed by atoms with Crippen LogP contribution in [0.4, 0.5) is 24.7 Å². The van der Waals surface area contributed by atoms with Crippen molar-refractivity contribution >= 4 is 17.4 Å². The van der Waals surface area contributed by atoms with Crippen molar-refractivity contribution < 1.29 is 22.7 Å². The first-order valence-corrected chi connectivity index (χ1v) is 9.61. The number of piperidine rings is 1. The predicted molar refractivity (Wildman–Crippen MR) is 106 cm³/mol. The summed E-state index contributed by atoms with van der Waals surface area (Å²) in [5.74, 6) is 0.500. The van der Waals surface area contributed by atoms with E-state index in [2.05, 4.69) is 25.2 Å². The zero-order chi connectivity index (χ0) is 21.8. The van der Waals surface area contributed by atoms with Gasteiger partial charge < -0.3 is 15.0 Å². The molecule has 0 bridgehead atoms. The number of hydrogen-bond donors (Lipinski definition) is 1. The maximum absolute atomic E-state index is 12.7. The second-order valence-corrected chi connectivity index (χ2v) is 7.07. The number of hydrogen-bond acceptors (Lipinski definition) is 6. The van der Waals surface area contributed by atoms with Gasteiger partial charge in [-0.25, -0.2) is 4.98 Å². The minimum atomic E-state index is -4.75. The summed E-state index contributed by atoms with van der Waals surface area (Å²) < 4.78 is 42.3. The molecule has 1 fully saturated rings. The van der Waals surface area contributed by atoms with Gasteiger partial charge in [0, 0.05) is 31.2 Å². The van der Waals surface area contributed by atoms with Crippen molar-refractivity contribution in [3.63, 3.8) is 0 Å². The standard InChI is InChI=1S/C20H19F3N6O2/c21-20(22,23)31-16-5-3-15(4-6-16)25-19(30)14-2-1-10-28(12-14)17-7-8-18(27-26-17)29-11-9-24-13-29/h3-9,11,13-14H,1-2,10,12H2,(H,25,30). The Hall–Kier alpha value is -3.63. The number of rotatable bonds is 5. The van der Waals surface area contributed by atoms with Gasteiger partial charge in [-0.05, 0) is 49.2 Å². The Kier molecular flexibility index (Phi) is 5.74. The number of nitrogens with one attached hydrogen (secondary N) is 1. The molecule has 3 aromatic rings. The van der Waals surface area contributed by atoms with Crippen molar-refractivity contribution in [2.45, 2.75) is 19.2 Å². The number of nitrogens with zero attached hydrogens (tertiary/aromatic N) is 5. The largest absolute Gasteiger partial charge is 0.573 e. The summed E-state index contributed by atoms with van der Waals surface area (Å²) in [4.78, 5) is 18.6. The third-order valence-electron chi connectivity index (χ3n) is 4.88. The van der Waals surface area contributed by atoms with Crippen molar-refractivity contribution in [1.29, 1.82) is 0 Å². The van der Waals surface area contributed by atoms with Crippen molar-refractivity contribution in [3.05, 3.63) is 55.1 Å². The molecule has 1 aliphatic rings. The molecule has 1 aromatic carbocycles. The van der Waals surface area contributed by atoms with E-state index in [-0.39, 0.29) is 17.6 Å². The monoisotopic (exact) mass is 432 g/mol. The third kappa shape index (κ3) is 5.30. The van der Waals surface area contributed by atoms with E-state index < -0.39 is 6.36 Å². The smallest absolute Gasteiger partial charge is 0.406 e. The molecule has 1 atom stereocenters. The highest BCUT2D eigenvalue weighted by Crippen LogP contribution is 2.26. The maximum atomic E-state index is 12.7. The van der Waals surface area contributed by atoms with Crippen LogP contribution in [0, 0.1) is 5.92 Å². The first kappa shape index (κ1) is 20.6. The van der Waals surface area contributed by atoms with E-state index in [1.807, 2.05) is 17.0 Å². The number of anilines is 2. The van der Waals surface area contributed by atoms with Crippen molar-refractivity contribution in [2.24, 2.45) is 5.92 Å². The van der Waals surface area contributed by atoms with Crippen LogP contribution in [-0.2, 0) is 4.79 Å². The Morgan fingerprint density at radius 1 is 1.10 bits per heavy atom. The number of carbonyl (C=O) groups excluding carboxylic acids is 1. The van der Waals surface area contributed by atoms with Gasteiger partial charge in [-0.15, -0.1) is 23.4 Å². The molecule has 1 N–H and O–H groups in total. The molecular weight excluding hydrogens is 413 g/mol. The Labute approximate surface area is 175 Å². The van der Waals surface area contributed by atoms with Crippen LogP contribution in [0.25, 0.3) is 5.82 Å². The second-order valence-electron chi connectivity index (χ2n) is 7.07. The number of benzene rings is 1. The number of aromatic nitrogens is 4. The van der Waals surface area contributed by atoms with Crippen molar-refractivity contribution in [3.8, 4) is 11.6 Å². The van der Waals surface area contributed by atoms with Crippen molar-refractivity contribution in [2.75, 3.05) is 23.3 Å². The number of carbonyl (C=O) groups is 1. The van der Waals surface area contributed by atoms with Gasteiger partial charge in [0.2, 0.25) is 5.91 Å². The van der Waals surface area contributed by atoms with E-state index in [0.29, 0.717) is 30.3 Å². The van der Waals surface area contributed by atoms with E-state index in [4.69, 9.17) is 0 Å². The van der Waals surface area contributed by atoms with Crippen LogP contribution in [0.2, 0.25) is 0 Å². The molecule has 3 heterocycles. The van der Waals surface area contributed by atoms with Crippen LogP contribution in [0.5, 0.6) is 5.75 Å². The molecule has 0 saturated carbocycles. The van der Waals surface area contributed by atoms with Crippen LogP contribution in [0.1, 0.15) is 12.8 Å². The van der Waals surface area contributed by atoms with Gasteiger partial charge in [0.15, 0.2) is 11.6 Å². The van der Waals surface area contributed by atoms with E-state index >= 15 is 0 Å². The molecule has 0 spiro atoms. The van der Waals surface area contributed by atoms with Crippen LogP contribution < -0.4 is 15.0 Å². The third-order valence-corrected chi connectivity index (χ3v) is 4.88. The van der Waals surface area contributed by atoms with Gasteiger partial charge in [0.05, 0.1) is 5.92 Å². The zero-order valence-corrected chi connectivity index (χ0v) is 16.3. The normalized spacial score (nSPS) is 16.7. The van der Waals surface area contributed by atoms with Crippen LogP contribution in [0.15, 0.2) is 55.1 Å². The molecule has 2 aromatic heterocycles. The number of imidazole rings is 1. The second kappa shape index (κ2) is 8.62. The van der Waals surface area contributed by atoms with E-state index in [1.165, 1.54) is 12.1 Å². The topological polar surface area (TPSA) is 85.2 Å². The fraction of sp³-hybridized carbons (Fsp3) is 0.300. The molecule has 1 amide bonds. The fourth-order valence-electron chi connectivity index (χ4n) is 3.40. The van der Waals surface area contributed by atoms with Gasteiger partial charge in [-0.3, -0.25) is 9.36 Å². The Morgan fingerprint density at radius 3 is 2.48 bits per heavy atom. The summed E-state index contributed by atoms with van der Waals surface area (Å²) in [6, 6.07) is 8.75. The SMILES string of the molecule is O=C(Nc1ccc(OC(F)(F)F)cc1)C1CCCN(c2ccc(-n3ccnc3)nn2)C1. The van der Waals surface area contributed by atoms with Crippen LogP contribution in [-0.4, -0.2) is 45.1 Å². The van der Waals surface area contributed by atoms with Gasteiger partial charge in [-0.2, -0.15) is 0 Å². The first-order chi connectivity index (χ1) is 14.9. The number of amides is 1. The lowest BCUT2D eigenvalue weighted by Gasteiger charge is -2.32. The van der Waals surface area contributed by atoms with Gasteiger partial charge in [-0.1, -0.05) is 0 Å². The maximum Gasteiger partial charge on any atom is 0.573 e. The average Bonchev–Trinajstić information content (AvgIpc) is 3.29. The van der Waals surface area contributed by atoms with E-state index in [9.17, 15) is 18.0 Å². The average molecular weight is 432 g/mol. The summed E-state index contributed by atoms with van der Waals surface area (Å²) >= 11 is 0. The molecule has 0 aliphatic carbocycles. The lowest BCUT2D eigenvalue weighted by molar-refractivity contribution is -0.274. The van der Waals surface area contributed by atoms with E-state index in [0.717, 1.165) is 25.1 Å².